The Morgan fingerprint density at radius 2 is 0.740 bits per heavy atom. The molecule has 0 fully saturated rings. The predicted octanol–water partition coefficient (Wildman–Crippen LogP) is 12.1. The van der Waals surface area contributed by atoms with Crippen LogP contribution < -0.4 is 0 Å². The summed E-state index contributed by atoms with van der Waals surface area (Å²) in [6.45, 7) is 0. The number of nitrogens with zero attached hydrogens (tertiary/aromatic N) is 2. The van der Waals surface area contributed by atoms with Crippen molar-refractivity contribution in [3.63, 3.8) is 0 Å². The van der Waals surface area contributed by atoms with Crippen LogP contribution in [0.1, 0.15) is 22.8 Å². The zero-order valence-electron chi connectivity index (χ0n) is 26.7. The van der Waals surface area contributed by atoms with Gasteiger partial charge in [-0.25, -0.2) is 14.4 Å². The molecule has 0 atom stereocenters. The Kier molecular flexibility index (Phi) is 7.33. The molecule has 0 aliphatic carbocycles. The first-order valence-corrected chi connectivity index (χ1v) is 16.8. The molecule has 0 radical (unpaired) electrons. The van der Waals surface area contributed by atoms with Crippen molar-refractivity contribution in [2.24, 2.45) is 0 Å². The average molecular weight is 667 g/mol. The molecule has 238 valence electrons. The van der Waals surface area contributed by atoms with Crippen molar-refractivity contribution >= 4 is 58.0 Å². The van der Waals surface area contributed by atoms with Crippen LogP contribution in [0.25, 0.3) is 90.9 Å². The van der Waals surface area contributed by atoms with Gasteiger partial charge in [-0.2, -0.15) is 0 Å². The fraction of sp³-hybridized carbons (Fsp3) is 0. The van der Waals surface area contributed by atoms with Crippen LogP contribution in [0.3, 0.4) is 0 Å². The number of nitrogens with one attached hydrogen (secondary N) is 2. The molecule has 0 amide bonds. The number of aromatic nitrogens is 4. The molecule has 2 N–H and O–H groups in total. The topological polar surface area (TPSA) is 57.4 Å². The Hall–Kier alpha value is -6.30. The maximum atomic E-state index is 16.7. The van der Waals surface area contributed by atoms with E-state index in [1.807, 2.05) is 121 Å². The van der Waals surface area contributed by atoms with E-state index in [-0.39, 0.29) is 10.5 Å². The van der Waals surface area contributed by atoms with Gasteiger partial charge in [-0.05, 0) is 58.7 Å². The van der Waals surface area contributed by atoms with Crippen molar-refractivity contribution in [2.45, 2.75) is 0 Å². The van der Waals surface area contributed by atoms with E-state index in [1.165, 1.54) is 0 Å². The number of hydrogen-bond donors (Lipinski definition) is 2. The maximum absolute atomic E-state index is 16.7. The summed E-state index contributed by atoms with van der Waals surface area (Å²) in [5.41, 5.74) is 12.2. The molecule has 2 aliphatic heterocycles. The van der Waals surface area contributed by atoms with Gasteiger partial charge in [0.05, 0.1) is 33.8 Å². The highest BCUT2D eigenvalue weighted by molar-refractivity contribution is 6.36. The van der Waals surface area contributed by atoms with Gasteiger partial charge in [-0.15, -0.1) is 0 Å². The molecule has 9 rings (SSSR count). The molecule has 8 bridgehead atoms. The zero-order valence-corrected chi connectivity index (χ0v) is 27.4. The van der Waals surface area contributed by atoms with Gasteiger partial charge in [0.2, 0.25) is 0 Å². The Morgan fingerprint density at radius 3 is 1.14 bits per heavy atom. The van der Waals surface area contributed by atoms with Gasteiger partial charge in [0, 0.05) is 33.3 Å². The first-order chi connectivity index (χ1) is 24.6. The third kappa shape index (κ3) is 5.07. The van der Waals surface area contributed by atoms with Crippen molar-refractivity contribution in [1.29, 1.82) is 0 Å². The molecule has 50 heavy (non-hydrogen) atoms. The zero-order chi connectivity index (χ0) is 33.6. The average Bonchev–Trinajstić information content (AvgIpc) is 3.99. The van der Waals surface area contributed by atoms with Crippen LogP contribution in [-0.2, 0) is 0 Å². The first kappa shape index (κ1) is 29.8. The molecular formula is C44H28ClFN4. The number of benzene rings is 4. The third-order valence-corrected chi connectivity index (χ3v) is 9.52. The van der Waals surface area contributed by atoms with Gasteiger partial charge in [-0.1, -0.05) is 133 Å². The quantitative estimate of drug-likeness (QED) is 0.196. The van der Waals surface area contributed by atoms with Crippen molar-refractivity contribution in [3.05, 3.63) is 167 Å². The number of hydrogen-bond acceptors (Lipinski definition) is 2. The molecule has 4 aromatic carbocycles. The molecule has 6 heteroatoms. The minimum Gasteiger partial charge on any atom is -0.354 e. The summed E-state index contributed by atoms with van der Waals surface area (Å²) < 4.78 is 16.7. The number of aromatic amines is 2. The molecular weight excluding hydrogens is 639 g/mol. The number of H-pyrrole nitrogens is 2. The summed E-state index contributed by atoms with van der Waals surface area (Å²) >= 11 is 6.99. The highest BCUT2D eigenvalue weighted by atomic mass is 35.5. The molecule has 2 aliphatic rings. The highest BCUT2D eigenvalue weighted by Crippen LogP contribution is 2.41. The van der Waals surface area contributed by atoms with Crippen LogP contribution in [0.15, 0.2) is 133 Å². The van der Waals surface area contributed by atoms with Crippen LogP contribution in [0.5, 0.6) is 0 Å². The van der Waals surface area contributed by atoms with Gasteiger partial charge < -0.3 is 9.97 Å². The van der Waals surface area contributed by atoms with Crippen LogP contribution >= 0.6 is 11.6 Å². The Morgan fingerprint density at radius 1 is 0.400 bits per heavy atom. The summed E-state index contributed by atoms with van der Waals surface area (Å²) in [7, 11) is 0. The van der Waals surface area contributed by atoms with E-state index < -0.39 is 5.82 Å². The van der Waals surface area contributed by atoms with Gasteiger partial charge in [0.1, 0.15) is 5.02 Å². The summed E-state index contributed by atoms with van der Waals surface area (Å²) in [5.74, 6) is -0.549. The standard InChI is InChI=1S/C44H28ClFN4/c45-41-42(46)44-40(30-19-11-4-12-20-30)36-26-24-34(49-36)38(28-15-7-2-8-16-28)32-22-21-31(47-32)37(27-13-5-1-6-14-27)33-23-25-35(48-33)39(43(41)50-44)29-17-9-3-10-18-29/h1-26,47,50H. The van der Waals surface area contributed by atoms with Crippen molar-refractivity contribution in [3.8, 4) is 44.5 Å². The molecule has 0 saturated heterocycles. The smallest absolute Gasteiger partial charge is 0.168 e. The molecule has 3 aromatic heterocycles. The Bertz CT molecular complexity index is 2460. The normalized spacial score (nSPS) is 12.0. The number of fused-ring (bicyclic) bond motifs is 8. The second-order valence-electron chi connectivity index (χ2n) is 12.2. The molecule has 4 nitrogen and oxygen atoms in total. The summed E-state index contributed by atoms with van der Waals surface area (Å²) in [4.78, 5) is 17.6. The monoisotopic (exact) mass is 666 g/mol. The van der Waals surface area contributed by atoms with E-state index in [2.05, 4.69) is 46.4 Å². The minimum atomic E-state index is -0.549. The van der Waals surface area contributed by atoms with Crippen molar-refractivity contribution < 1.29 is 4.39 Å². The molecule has 0 unspecified atom stereocenters. The minimum absolute atomic E-state index is 0.00897. The predicted molar refractivity (Wildman–Crippen MR) is 206 cm³/mol. The summed E-state index contributed by atoms with van der Waals surface area (Å²) in [5, 5.41) is -0.00897. The lowest BCUT2D eigenvalue weighted by molar-refractivity contribution is 0.642. The van der Waals surface area contributed by atoms with Gasteiger partial charge in [-0.3, -0.25) is 0 Å². The lowest BCUT2D eigenvalue weighted by Crippen LogP contribution is -1.89. The van der Waals surface area contributed by atoms with Crippen LogP contribution in [0, 0.1) is 5.82 Å². The fourth-order valence-corrected chi connectivity index (χ4v) is 7.15. The van der Waals surface area contributed by atoms with E-state index in [9.17, 15) is 0 Å². The van der Waals surface area contributed by atoms with Gasteiger partial charge >= 0.3 is 0 Å². The van der Waals surface area contributed by atoms with Crippen LogP contribution in [0.4, 0.5) is 4.39 Å². The van der Waals surface area contributed by atoms with E-state index in [0.717, 1.165) is 55.8 Å². The fourth-order valence-electron chi connectivity index (χ4n) is 6.91. The second kappa shape index (κ2) is 12.3. The third-order valence-electron chi connectivity index (χ3n) is 9.16. The van der Waals surface area contributed by atoms with E-state index in [4.69, 9.17) is 21.6 Å². The van der Waals surface area contributed by atoms with Gasteiger partial charge in [0.25, 0.3) is 0 Å². The lowest BCUT2D eigenvalue weighted by Gasteiger charge is -2.06. The highest BCUT2D eigenvalue weighted by Gasteiger charge is 2.23. The number of halogens is 2. The van der Waals surface area contributed by atoms with E-state index in [1.54, 1.807) is 0 Å². The van der Waals surface area contributed by atoms with Gasteiger partial charge in [0.15, 0.2) is 5.82 Å². The SMILES string of the molecule is Fc1c(Cl)c2[nH]c1c(-c1ccccc1)c1nc(c(-c3ccccc3)c3ccc([nH]3)c(-c3ccccc3)c3nc(c2-c2ccccc2)C=C3)C=C1. The van der Waals surface area contributed by atoms with E-state index >= 15 is 4.39 Å². The summed E-state index contributed by atoms with van der Waals surface area (Å²) in [6.07, 6.45) is 7.94. The Balaban J connectivity index is 1.53. The summed E-state index contributed by atoms with van der Waals surface area (Å²) in [6, 6.07) is 44.2. The van der Waals surface area contributed by atoms with E-state index in [0.29, 0.717) is 28.0 Å². The molecule has 0 spiro atoms. The molecule has 5 heterocycles. The maximum Gasteiger partial charge on any atom is 0.168 e. The molecule has 0 saturated carbocycles. The lowest BCUT2D eigenvalue weighted by atomic mass is 10.0. The Labute approximate surface area is 293 Å². The number of rotatable bonds is 4. The molecule has 7 aromatic rings. The first-order valence-electron chi connectivity index (χ1n) is 16.4. The van der Waals surface area contributed by atoms with Crippen LogP contribution in [-0.4, -0.2) is 19.9 Å². The largest absolute Gasteiger partial charge is 0.354 e. The van der Waals surface area contributed by atoms with Crippen molar-refractivity contribution in [2.75, 3.05) is 0 Å². The van der Waals surface area contributed by atoms with Crippen LogP contribution in [0.2, 0.25) is 5.02 Å². The van der Waals surface area contributed by atoms with Crippen molar-refractivity contribution in [1.82, 2.24) is 19.9 Å². The second-order valence-corrected chi connectivity index (χ2v) is 12.6.